The summed E-state index contributed by atoms with van der Waals surface area (Å²) < 4.78 is 1.99. The van der Waals surface area contributed by atoms with Gasteiger partial charge < -0.3 is 5.73 Å². The van der Waals surface area contributed by atoms with Gasteiger partial charge in [0, 0.05) is 18.3 Å². The van der Waals surface area contributed by atoms with Crippen LogP contribution in [0.2, 0.25) is 0 Å². The Kier molecular flexibility index (Phi) is 3.28. The van der Waals surface area contributed by atoms with E-state index in [1.165, 1.54) is 6.42 Å². The number of nitrogens with two attached hydrogens (primary N) is 1. The zero-order valence-corrected chi connectivity index (χ0v) is 11.6. The molecule has 98 valence electrons. The quantitative estimate of drug-likeness (QED) is 0.906. The van der Waals surface area contributed by atoms with Gasteiger partial charge in [-0.1, -0.05) is 27.7 Å². The molecule has 0 amide bonds. The molecule has 0 fully saturated rings. The molecular formula is C14H22N4. The molecule has 2 rings (SSSR count). The van der Waals surface area contributed by atoms with Crippen LogP contribution in [-0.2, 0) is 6.42 Å². The maximum atomic E-state index is 5.81. The molecule has 0 spiro atoms. The summed E-state index contributed by atoms with van der Waals surface area (Å²) in [6.45, 7) is 9.06. The van der Waals surface area contributed by atoms with Crippen LogP contribution in [-0.4, -0.2) is 14.6 Å². The van der Waals surface area contributed by atoms with E-state index in [9.17, 15) is 0 Å². The second-order valence-corrected chi connectivity index (χ2v) is 6.38. The van der Waals surface area contributed by atoms with Gasteiger partial charge in [0.2, 0.25) is 0 Å². The number of fused-ring (bicyclic) bond motifs is 1. The number of pyridine rings is 1. The van der Waals surface area contributed by atoms with Gasteiger partial charge in [-0.25, -0.2) is 0 Å². The van der Waals surface area contributed by atoms with Crippen molar-refractivity contribution in [3.05, 3.63) is 24.2 Å². The van der Waals surface area contributed by atoms with E-state index in [0.717, 1.165) is 23.6 Å². The first kappa shape index (κ1) is 12.9. The van der Waals surface area contributed by atoms with Gasteiger partial charge in [-0.3, -0.25) is 4.40 Å². The molecule has 0 bridgehead atoms. The van der Waals surface area contributed by atoms with Gasteiger partial charge in [-0.2, -0.15) is 0 Å². The molecule has 2 N–H and O–H groups in total. The fraction of sp³-hybridized carbons (Fsp3) is 0.571. The lowest BCUT2D eigenvalue weighted by molar-refractivity contribution is 0.303. The summed E-state index contributed by atoms with van der Waals surface area (Å²) in [5.41, 5.74) is 7.76. The number of rotatable bonds is 3. The average molecular weight is 246 g/mol. The van der Waals surface area contributed by atoms with Gasteiger partial charge in [0.1, 0.15) is 5.82 Å². The largest absolute Gasteiger partial charge is 0.398 e. The van der Waals surface area contributed by atoms with Crippen molar-refractivity contribution in [3.8, 4) is 0 Å². The van der Waals surface area contributed by atoms with E-state index >= 15 is 0 Å². The van der Waals surface area contributed by atoms with Gasteiger partial charge in [-0.15, -0.1) is 10.2 Å². The van der Waals surface area contributed by atoms with E-state index in [1.807, 2.05) is 22.7 Å². The van der Waals surface area contributed by atoms with Gasteiger partial charge >= 0.3 is 0 Å². The van der Waals surface area contributed by atoms with Crippen LogP contribution in [0.3, 0.4) is 0 Å². The number of aromatic nitrogens is 3. The third kappa shape index (κ3) is 3.00. The second-order valence-electron chi connectivity index (χ2n) is 6.38. The highest BCUT2D eigenvalue weighted by atomic mass is 15.2. The molecule has 2 aromatic rings. The molecule has 4 nitrogen and oxygen atoms in total. The Hall–Kier alpha value is -1.58. The van der Waals surface area contributed by atoms with Gasteiger partial charge in [0.05, 0.1) is 0 Å². The molecule has 2 aromatic heterocycles. The summed E-state index contributed by atoms with van der Waals surface area (Å²) in [5, 5.41) is 8.43. The van der Waals surface area contributed by atoms with E-state index in [0.29, 0.717) is 11.3 Å². The first-order valence-corrected chi connectivity index (χ1v) is 6.44. The normalized spacial score (nSPS) is 14.0. The minimum Gasteiger partial charge on any atom is -0.398 e. The number of nitrogen functional groups attached to an aromatic ring is 1. The van der Waals surface area contributed by atoms with Gasteiger partial charge in [-0.05, 0) is 29.9 Å². The molecule has 0 aliphatic rings. The van der Waals surface area contributed by atoms with E-state index in [4.69, 9.17) is 5.73 Å². The van der Waals surface area contributed by atoms with Crippen LogP contribution in [0.15, 0.2) is 18.3 Å². The molecule has 0 saturated carbocycles. The van der Waals surface area contributed by atoms with Crippen molar-refractivity contribution in [1.29, 1.82) is 0 Å². The molecule has 2 heterocycles. The zero-order valence-electron chi connectivity index (χ0n) is 11.6. The molecule has 0 aromatic carbocycles. The Morgan fingerprint density at radius 3 is 2.67 bits per heavy atom. The van der Waals surface area contributed by atoms with Crippen molar-refractivity contribution in [2.24, 2.45) is 11.3 Å². The smallest absolute Gasteiger partial charge is 0.160 e. The summed E-state index contributed by atoms with van der Waals surface area (Å²) in [5.74, 6) is 1.58. The van der Waals surface area contributed by atoms with E-state index < -0.39 is 0 Å². The van der Waals surface area contributed by atoms with Crippen molar-refractivity contribution in [2.75, 3.05) is 5.73 Å². The fourth-order valence-corrected chi connectivity index (χ4v) is 2.52. The molecule has 0 aliphatic heterocycles. The second kappa shape index (κ2) is 4.59. The Bertz CT molecular complexity index is 536. The van der Waals surface area contributed by atoms with Crippen LogP contribution in [0.25, 0.3) is 5.65 Å². The number of hydrogen-bond donors (Lipinski definition) is 1. The highest BCUT2D eigenvalue weighted by Crippen LogP contribution is 2.26. The van der Waals surface area contributed by atoms with Crippen molar-refractivity contribution >= 4 is 11.3 Å². The summed E-state index contributed by atoms with van der Waals surface area (Å²) in [6.07, 6.45) is 4.00. The number of anilines is 1. The fourth-order valence-electron chi connectivity index (χ4n) is 2.52. The number of nitrogens with zero attached hydrogens (tertiary/aromatic N) is 3. The molecule has 0 saturated heterocycles. The van der Waals surface area contributed by atoms with Crippen molar-refractivity contribution in [3.63, 3.8) is 0 Å². The summed E-state index contributed by atoms with van der Waals surface area (Å²) >= 11 is 0. The minimum absolute atomic E-state index is 0.346. The van der Waals surface area contributed by atoms with Crippen LogP contribution >= 0.6 is 0 Å². The van der Waals surface area contributed by atoms with E-state index in [2.05, 4.69) is 37.9 Å². The monoisotopic (exact) mass is 246 g/mol. The molecule has 1 atom stereocenters. The van der Waals surface area contributed by atoms with Crippen molar-refractivity contribution in [1.82, 2.24) is 14.6 Å². The van der Waals surface area contributed by atoms with Crippen LogP contribution in [0.1, 0.15) is 39.9 Å². The molecule has 1 unspecified atom stereocenters. The zero-order chi connectivity index (χ0) is 13.3. The standard InChI is InChI=1S/C14H22N4/c1-10(8-14(2,3)4)7-13-17-16-12-6-5-11(15)9-18(12)13/h5-6,9-10H,7-8,15H2,1-4H3. The lowest BCUT2D eigenvalue weighted by Gasteiger charge is -2.22. The van der Waals surface area contributed by atoms with Crippen molar-refractivity contribution < 1.29 is 0 Å². The van der Waals surface area contributed by atoms with Crippen LogP contribution < -0.4 is 5.73 Å². The topological polar surface area (TPSA) is 56.2 Å². The number of hydrogen-bond acceptors (Lipinski definition) is 3. The molecule has 0 aliphatic carbocycles. The highest BCUT2D eigenvalue weighted by molar-refractivity contribution is 5.47. The highest BCUT2D eigenvalue weighted by Gasteiger charge is 2.17. The molecule has 4 heteroatoms. The lowest BCUT2D eigenvalue weighted by atomic mass is 9.84. The SMILES string of the molecule is CC(Cc1nnc2ccc(N)cn12)CC(C)(C)C. The summed E-state index contributed by atoms with van der Waals surface area (Å²) in [7, 11) is 0. The summed E-state index contributed by atoms with van der Waals surface area (Å²) in [4.78, 5) is 0. The van der Waals surface area contributed by atoms with Gasteiger partial charge in [0.25, 0.3) is 0 Å². The maximum Gasteiger partial charge on any atom is 0.160 e. The van der Waals surface area contributed by atoms with Gasteiger partial charge in [0.15, 0.2) is 5.65 Å². The first-order chi connectivity index (χ1) is 8.35. The van der Waals surface area contributed by atoms with Crippen LogP contribution in [0.5, 0.6) is 0 Å². The van der Waals surface area contributed by atoms with E-state index in [-0.39, 0.29) is 0 Å². The summed E-state index contributed by atoms with van der Waals surface area (Å²) in [6, 6.07) is 3.76. The molecule has 18 heavy (non-hydrogen) atoms. The predicted molar refractivity (Wildman–Crippen MR) is 74.3 cm³/mol. The Morgan fingerprint density at radius 1 is 1.28 bits per heavy atom. The Labute approximate surface area is 108 Å². The average Bonchev–Trinajstić information content (AvgIpc) is 2.58. The van der Waals surface area contributed by atoms with Crippen LogP contribution in [0.4, 0.5) is 5.69 Å². The molecular weight excluding hydrogens is 224 g/mol. The maximum absolute atomic E-state index is 5.81. The predicted octanol–water partition coefficient (Wildman–Crippen LogP) is 2.93. The minimum atomic E-state index is 0.346. The Balaban J connectivity index is 2.19. The van der Waals surface area contributed by atoms with Crippen molar-refractivity contribution in [2.45, 2.75) is 40.5 Å². The van der Waals surface area contributed by atoms with Crippen LogP contribution in [0, 0.1) is 11.3 Å². The third-order valence-corrected chi connectivity index (χ3v) is 2.99. The third-order valence-electron chi connectivity index (χ3n) is 2.99. The first-order valence-electron chi connectivity index (χ1n) is 6.44. The Morgan fingerprint density at radius 2 is 2.00 bits per heavy atom. The van der Waals surface area contributed by atoms with E-state index in [1.54, 1.807) is 0 Å². The molecule has 0 radical (unpaired) electrons. The lowest BCUT2D eigenvalue weighted by Crippen LogP contribution is -2.14.